The molecule has 0 fully saturated rings. The van der Waals surface area contributed by atoms with Gasteiger partial charge < -0.3 is 5.32 Å². The molecule has 0 bridgehead atoms. The van der Waals surface area contributed by atoms with Crippen molar-refractivity contribution in [3.05, 3.63) is 33.9 Å². The molecule has 16 heavy (non-hydrogen) atoms. The molecule has 0 aliphatic heterocycles. The highest BCUT2D eigenvalue weighted by molar-refractivity contribution is 7.08. The number of carbonyl (C=O) groups is 1. The summed E-state index contributed by atoms with van der Waals surface area (Å²) in [6.45, 7) is 1.73. The lowest BCUT2D eigenvalue weighted by Gasteiger charge is -2.02. The molecule has 0 radical (unpaired) electrons. The van der Waals surface area contributed by atoms with Crippen LogP contribution in [0.2, 0.25) is 5.02 Å². The fraction of sp³-hybridized carbons (Fsp3) is 0.111. The zero-order valence-electron chi connectivity index (χ0n) is 8.27. The Bertz CT molecular complexity index is 528. The molecule has 0 saturated heterocycles. The van der Waals surface area contributed by atoms with E-state index >= 15 is 0 Å². The number of rotatable bonds is 2. The van der Waals surface area contributed by atoms with E-state index in [1.807, 2.05) is 0 Å². The summed E-state index contributed by atoms with van der Waals surface area (Å²) in [5, 5.41) is 6.90. The topological polar surface area (TPSA) is 67.8 Å². The van der Waals surface area contributed by atoms with Gasteiger partial charge in [0.15, 0.2) is 0 Å². The van der Waals surface area contributed by atoms with Crippen LogP contribution in [0.25, 0.3) is 0 Å². The van der Waals surface area contributed by atoms with Crippen molar-refractivity contribution in [2.75, 3.05) is 5.32 Å². The van der Waals surface area contributed by atoms with E-state index in [2.05, 4.69) is 19.9 Å². The van der Waals surface area contributed by atoms with Crippen molar-refractivity contribution in [2.24, 2.45) is 0 Å². The molecule has 0 unspecified atom stereocenters. The number of anilines is 1. The minimum Gasteiger partial charge on any atom is -0.306 e. The number of nitrogens with one attached hydrogen (secondary N) is 1. The predicted molar refractivity (Wildman–Crippen MR) is 61.8 cm³/mol. The Morgan fingerprint density at radius 2 is 2.38 bits per heavy atom. The first-order valence-electron chi connectivity index (χ1n) is 4.38. The van der Waals surface area contributed by atoms with Crippen LogP contribution in [0.1, 0.15) is 15.4 Å². The molecular formula is C9H7ClN4OS. The molecule has 0 aromatic carbocycles. The zero-order chi connectivity index (χ0) is 11.5. The van der Waals surface area contributed by atoms with E-state index in [0.29, 0.717) is 21.4 Å². The molecule has 0 atom stereocenters. The van der Waals surface area contributed by atoms with Crippen molar-refractivity contribution in [1.82, 2.24) is 14.6 Å². The van der Waals surface area contributed by atoms with E-state index in [1.54, 1.807) is 19.1 Å². The van der Waals surface area contributed by atoms with Crippen LogP contribution < -0.4 is 5.32 Å². The van der Waals surface area contributed by atoms with Crippen LogP contribution in [0.3, 0.4) is 0 Å². The fourth-order valence-corrected chi connectivity index (χ4v) is 1.80. The summed E-state index contributed by atoms with van der Waals surface area (Å²) < 4.78 is 3.69. The molecule has 2 aromatic heterocycles. The van der Waals surface area contributed by atoms with Crippen molar-refractivity contribution in [2.45, 2.75) is 6.92 Å². The van der Waals surface area contributed by atoms with Crippen LogP contribution in [-0.4, -0.2) is 20.5 Å². The minimum atomic E-state index is -0.276. The number of hydrogen-bond acceptors (Lipinski definition) is 5. The number of carbonyl (C=O) groups excluding carboxylic acids is 1. The van der Waals surface area contributed by atoms with Gasteiger partial charge in [-0.25, -0.2) is 4.98 Å². The highest BCUT2D eigenvalue weighted by atomic mass is 35.5. The van der Waals surface area contributed by atoms with E-state index < -0.39 is 0 Å². The maximum atomic E-state index is 11.7. The molecular weight excluding hydrogens is 248 g/mol. The van der Waals surface area contributed by atoms with Gasteiger partial charge in [-0.3, -0.25) is 4.79 Å². The highest BCUT2D eigenvalue weighted by Crippen LogP contribution is 2.15. The zero-order valence-corrected chi connectivity index (χ0v) is 9.84. The third kappa shape index (κ3) is 2.34. The maximum absolute atomic E-state index is 11.7. The Morgan fingerprint density at radius 1 is 1.56 bits per heavy atom. The largest absolute Gasteiger partial charge is 0.306 e. The Labute approximate surface area is 101 Å². The molecule has 2 aromatic rings. The third-order valence-corrected chi connectivity index (χ3v) is 2.88. The van der Waals surface area contributed by atoms with Crippen molar-refractivity contribution in [1.29, 1.82) is 0 Å². The standard InChI is InChI=1S/C9H7ClN4OS/c1-5-8(16-14-13-5)9(15)12-7-4-6(10)2-3-11-7/h2-4H,1H3,(H,11,12,15). The lowest BCUT2D eigenvalue weighted by atomic mass is 10.3. The summed E-state index contributed by atoms with van der Waals surface area (Å²) in [6, 6.07) is 3.21. The van der Waals surface area contributed by atoms with Crippen LogP contribution in [0.5, 0.6) is 0 Å². The average molecular weight is 255 g/mol. The Morgan fingerprint density at radius 3 is 3.00 bits per heavy atom. The Kier molecular flexibility index (Phi) is 3.12. The van der Waals surface area contributed by atoms with Crippen LogP contribution in [0.15, 0.2) is 18.3 Å². The second-order valence-corrected chi connectivity index (χ2v) is 4.19. The van der Waals surface area contributed by atoms with Gasteiger partial charge in [-0.15, -0.1) is 5.10 Å². The first-order valence-corrected chi connectivity index (χ1v) is 5.54. The number of aryl methyl sites for hydroxylation is 1. The Hall–Kier alpha value is -1.53. The van der Waals surface area contributed by atoms with Crippen LogP contribution in [0, 0.1) is 6.92 Å². The molecule has 5 nitrogen and oxygen atoms in total. The Balaban J connectivity index is 2.17. The lowest BCUT2D eigenvalue weighted by Crippen LogP contribution is -2.12. The number of aromatic nitrogens is 3. The van der Waals surface area contributed by atoms with Gasteiger partial charge in [-0.2, -0.15) is 0 Å². The normalized spacial score (nSPS) is 10.1. The van der Waals surface area contributed by atoms with E-state index in [-0.39, 0.29) is 5.91 Å². The smallest absolute Gasteiger partial charge is 0.270 e. The van der Waals surface area contributed by atoms with Gasteiger partial charge in [0.05, 0.1) is 5.69 Å². The molecule has 0 spiro atoms. The second-order valence-electron chi connectivity index (χ2n) is 3.00. The summed E-state index contributed by atoms with van der Waals surface area (Å²) in [5.74, 6) is 0.132. The first kappa shape index (κ1) is 11.0. The van der Waals surface area contributed by atoms with Crippen LogP contribution in [-0.2, 0) is 0 Å². The molecule has 0 aliphatic carbocycles. The summed E-state index contributed by atoms with van der Waals surface area (Å²) in [7, 11) is 0. The molecule has 1 N–H and O–H groups in total. The third-order valence-electron chi connectivity index (χ3n) is 1.82. The lowest BCUT2D eigenvalue weighted by molar-refractivity contribution is 0.102. The first-order chi connectivity index (χ1) is 7.66. The van der Waals surface area contributed by atoms with Crippen LogP contribution >= 0.6 is 23.1 Å². The van der Waals surface area contributed by atoms with Gasteiger partial charge in [-0.05, 0) is 30.6 Å². The maximum Gasteiger partial charge on any atom is 0.270 e. The number of pyridine rings is 1. The SMILES string of the molecule is Cc1nnsc1C(=O)Nc1cc(Cl)ccn1. The summed E-state index contributed by atoms with van der Waals surface area (Å²) in [6.07, 6.45) is 1.52. The van der Waals surface area contributed by atoms with E-state index in [0.717, 1.165) is 11.5 Å². The van der Waals surface area contributed by atoms with Crippen molar-refractivity contribution >= 4 is 34.9 Å². The molecule has 2 rings (SSSR count). The van der Waals surface area contributed by atoms with E-state index in [9.17, 15) is 4.79 Å². The molecule has 7 heteroatoms. The number of halogens is 1. The molecule has 1 amide bonds. The quantitative estimate of drug-likeness (QED) is 0.892. The molecule has 0 saturated carbocycles. The van der Waals surface area contributed by atoms with E-state index in [4.69, 9.17) is 11.6 Å². The predicted octanol–water partition coefficient (Wildman–Crippen LogP) is 2.15. The van der Waals surface area contributed by atoms with Crippen molar-refractivity contribution in [3.63, 3.8) is 0 Å². The van der Waals surface area contributed by atoms with Crippen LogP contribution in [0.4, 0.5) is 5.82 Å². The molecule has 82 valence electrons. The van der Waals surface area contributed by atoms with Gasteiger partial charge in [0.2, 0.25) is 0 Å². The minimum absolute atomic E-state index is 0.276. The number of amides is 1. The van der Waals surface area contributed by atoms with Gasteiger partial charge >= 0.3 is 0 Å². The van der Waals surface area contributed by atoms with Gasteiger partial charge in [0, 0.05) is 11.2 Å². The fourth-order valence-electron chi connectivity index (χ4n) is 1.09. The summed E-state index contributed by atoms with van der Waals surface area (Å²) in [4.78, 5) is 16.2. The molecule has 2 heterocycles. The average Bonchev–Trinajstić information content (AvgIpc) is 2.64. The van der Waals surface area contributed by atoms with Gasteiger partial charge in [-0.1, -0.05) is 16.1 Å². The monoisotopic (exact) mass is 254 g/mol. The second kappa shape index (κ2) is 4.54. The van der Waals surface area contributed by atoms with Crippen molar-refractivity contribution in [3.8, 4) is 0 Å². The summed E-state index contributed by atoms with van der Waals surface area (Å²) in [5.41, 5.74) is 0.601. The highest BCUT2D eigenvalue weighted by Gasteiger charge is 2.13. The van der Waals surface area contributed by atoms with E-state index in [1.165, 1.54) is 6.20 Å². The number of hydrogen-bond donors (Lipinski definition) is 1. The molecule has 0 aliphatic rings. The summed E-state index contributed by atoms with van der Waals surface area (Å²) >= 11 is 6.82. The number of nitrogens with zero attached hydrogens (tertiary/aromatic N) is 3. The van der Waals surface area contributed by atoms with Gasteiger partial charge in [0.25, 0.3) is 5.91 Å². The van der Waals surface area contributed by atoms with Gasteiger partial charge in [0.1, 0.15) is 10.7 Å². The van der Waals surface area contributed by atoms with Crippen molar-refractivity contribution < 1.29 is 4.79 Å².